The van der Waals surface area contributed by atoms with Crippen LogP contribution in [0, 0.1) is 5.82 Å². The van der Waals surface area contributed by atoms with E-state index in [2.05, 4.69) is 25.1 Å². The molecule has 1 aliphatic rings. The van der Waals surface area contributed by atoms with Gasteiger partial charge in [-0.3, -0.25) is 5.10 Å². The zero-order valence-corrected chi connectivity index (χ0v) is 15.2. The summed E-state index contributed by atoms with van der Waals surface area (Å²) in [7, 11) is 0. The predicted molar refractivity (Wildman–Crippen MR) is 107 cm³/mol. The van der Waals surface area contributed by atoms with E-state index in [1.807, 2.05) is 29.2 Å². The van der Waals surface area contributed by atoms with Gasteiger partial charge in [-0.1, -0.05) is 6.07 Å². The van der Waals surface area contributed by atoms with Crippen LogP contribution in [0.2, 0.25) is 0 Å². The molecule has 6 rings (SSSR count). The highest BCUT2D eigenvalue weighted by molar-refractivity contribution is 5.91. The Labute approximate surface area is 164 Å². The lowest BCUT2D eigenvalue weighted by Gasteiger charge is -2.19. The minimum Gasteiger partial charge on any atom is -0.324 e. The lowest BCUT2D eigenvalue weighted by Crippen LogP contribution is -2.16. The van der Waals surface area contributed by atoms with E-state index >= 15 is 0 Å². The van der Waals surface area contributed by atoms with E-state index in [1.54, 1.807) is 18.5 Å². The molecule has 0 saturated carbocycles. The third-order valence-corrected chi connectivity index (χ3v) is 5.25. The van der Waals surface area contributed by atoms with Gasteiger partial charge in [0.25, 0.3) is 0 Å². The van der Waals surface area contributed by atoms with Crippen molar-refractivity contribution in [3.05, 3.63) is 66.5 Å². The molecule has 1 aromatic carbocycles. The van der Waals surface area contributed by atoms with E-state index in [0.29, 0.717) is 11.3 Å². The Kier molecular flexibility index (Phi) is 3.34. The average molecular weight is 383 g/mol. The summed E-state index contributed by atoms with van der Waals surface area (Å²) in [6.07, 6.45) is 5.85. The third kappa shape index (κ3) is 2.53. The van der Waals surface area contributed by atoms with Crippen LogP contribution < -0.4 is 4.90 Å². The fourth-order valence-electron chi connectivity index (χ4n) is 3.83. The zero-order chi connectivity index (χ0) is 19.4. The van der Waals surface area contributed by atoms with E-state index in [1.165, 1.54) is 12.4 Å². The molecule has 8 heteroatoms. The summed E-state index contributed by atoms with van der Waals surface area (Å²) in [6, 6.07) is 10.7. The highest BCUT2D eigenvalue weighted by Crippen LogP contribution is 2.36. The van der Waals surface area contributed by atoms with Crippen LogP contribution in [0.15, 0.2) is 55.1 Å². The van der Waals surface area contributed by atoms with Crippen LogP contribution in [-0.2, 0) is 6.42 Å². The largest absolute Gasteiger partial charge is 0.324 e. The minimum atomic E-state index is -0.262. The van der Waals surface area contributed by atoms with Crippen molar-refractivity contribution in [3.8, 4) is 11.3 Å². The van der Waals surface area contributed by atoms with Crippen LogP contribution in [0.5, 0.6) is 0 Å². The number of nitrogens with zero attached hydrogens (tertiary/aromatic N) is 6. The Morgan fingerprint density at radius 3 is 2.93 bits per heavy atom. The van der Waals surface area contributed by atoms with Gasteiger partial charge in [0.1, 0.15) is 17.7 Å². The number of benzene rings is 1. The van der Waals surface area contributed by atoms with Crippen LogP contribution in [0.1, 0.15) is 5.56 Å². The molecule has 140 valence electrons. The molecule has 29 heavy (non-hydrogen) atoms. The molecule has 1 N–H and O–H groups in total. The number of fused-ring (bicyclic) bond motifs is 3. The Morgan fingerprint density at radius 2 is 1.97 bits per heavy atom. The molecule has 0 radical (unpaired) electrons. The smallest absolute Gasteiger partial charge is 0.163 e. The van der Waals surface area contributed by atoms with Crippen molar-refractivity contribution in [1.82, 2.24) is 30.1 Å². The summed E-state index contributed by atoms with van der Waals surface area (Å²) >= 11 is 0. The number of anilines is 2. The van der Waals surface area contributed by atoms with Gasteiger partial charge >= 0.3 is 0 Å². The van der Waals surface area contributed by atoms with Gasteiger partial charge in [0.15, 0.2) is 11.5 Å². The fraction of sp³-hybridized carbons (Fsp3) is 0.0952. The van der Waals surface area contributed by atoms with E-state index < -0.39 is 0 Å². The fourth-order valence-corrected chi connectivity index (χ4v) is 3.83. The van der Waals surface area contributed by atoms with Gasteiger partial charge in [-0.05, 0) is 42.3 Å². The second-order valence-electron chi connectivity index (χ2n) is 6.97. The lowest BCUT2D eigenvalue weighted by atomic mass is 10.1. The van der Waals surface area contributed by atoms with Gasteiger partial charge in [-0.2, -0.15) is 5.10 Å². The first-order valence-corrected chi connectivity index (χ1v) is 9.23. The van der Waals surface area contributed by atoms with Crippen LogP contribution in [0.3, 0.4) is 0 Å². The van der Waals surface area contributed by atoms with Crippen LogP contribution >= 0.6 is 0 Å². The van der Waals surface area contributed by atoms with Crippen LogP contribution in [0.4, 0.5) is 15.9 Å². The number of pyridine rings is 2. The first kappa shape index (κ1) is 16.1. The first-order chi connectivity index (χ1) is 14.3. The summed E-state index contributed by atoms with van der Waals surface area (Å²) in [5.74, 6) is 0.417. The quantitative estimate of drug-likeness (QED) is 0.499. The first-order valence-electron chi connectivity index (χ1n) is 9.23. The minimum absolute atomic E-state index is 0.262. The van der Waals surface area contributed by atoms with Crippen molar-refractivity contribution < 1.29 is 4.39 Å². The number of H-pyrrole nitrogens is 1. The van der Waals surface area contributed by atoms with Gasteiger partial charge in [-0.25, -0.2) is 24.3 Å². The summed E-state index contributed by atoms with van der Waals surface area (Å²) in [6.45, 7) is 0.722. The normalized spacial score (nSPS) is 13.3. The second kappa shape index (κ2) is 6.03. The van der Waals surface area contributed by atoms with Gasteiger partial charge in [0.05, 0.1) is 17.4 Å². The number of aromatic amines is 1. The molecule has 4 aromatic heterocycles. The van der Waals surface area contributed by atoms with Gasteiger partial charge < -0.3 is 4.90 Å². The van der Waals surface area contributed by atoms with Crippen molar-refractivity contribution in [2.24, 2.45) is 0 Å². The molecule has 0 unspecified atom stereocenters. The van der Waals surface area contributed by atoms with Gasteiger partial charge in [-0.15, -0.1) is 0 Å². The summed E-state index contributed by atoms with van der Waals surface area (Å²) in [4.78, 5) is 20.1. The van der Waals surface area contributed by atoms with E-state index in [9.17, 15) is 4.39 Å². The summed E-state index contributed by atoms with van der Waals surface area (Å²) in [5, 5.41) is 7.78. The maximum atomic E-state index is 13.9. The topological polar surface area (TPSA) is 83.5 Å². The molecule has 5 heterocycles. The molecule has 0 atom stereocenters. The van der Waals surface area contributed by atoms with Crippen molar-refractivity contribution in [2.45, 2.75) is 6.42 Å². The Bertz CT molecular complexity index is 1390. The predicted octanol–water partition coefficient (Wildman–Crippen LogP) is 3.80. The van der Waals surface area contributed by atoms with Crippen molar-refractivity contribution in [3.63, 3.8) is 0 Å². The highest BCUT2D eigenvalue weighted by atomic mass is 19.1. The van der Waals surface area contributed by atoms with Crippen LogP contribution in [-0.4, -0.2) is 36.7 Å². The Morgan fingerprint density at radius 1 is 1.00 bits per heavy atom. The average Bonchev–Trinajstić information content (AvgIpc) is 3.39. The number of hydrogen-bond donors (Lipinski definition) is 1. The highest BCUT2D eigenvalue weighted by Gasteiger charge is 2.24. The summed E-state index contributed by atoms with van der Waals surface area (Å²) in [5.41, 5.74) is 5.72. The zero-order valence-electron chi connectivity index (χ0n) is 15.2. The lowest BCUT2D eigenvalue weighted by molar-refractivity contribution is 0.628. The van der Waals surface area contributed by atoms with Gasteiger partial charge in [0, 0.05) is 29.4 Å². The molecule has 7 nitrogen and oxygen atoms in total. The molecular weight excluding hydrogens is 369 g/mol. The number of rotatable bonds is 2. The Balaban J connectivity index is 1.52. The monoisotopic (exact) mass is 383 g/mol. The second-order valence-corrected chi connectivity index (χ2v) is 6.97. The number of aromatic nitrogens is 6. The molecule has 0 fully saturated rings. The maximum Gasteiger partial charge on any atom is 0.163 e. The molecule has 0 spiro atoms. The third-order valence-electron chi connectivity index (χ3n) is 5.25. The number of halogens is 1. The number of nitrogens with one attached hydrogen (secondary N) is 1. The van der Waals surface area contributed by atoms with Crippen molar-refractivity contribution in [1.29, 1.82) is 0 Å². The standard InChI is InChI=1S/C21H14FN7/c22-15-2-1-12-5-6-29(18(12)8-15)21-19-17(24-11-25-21)4-3-16(27-19)13-7-14-10-26-28-20(14)23-9-13/h1-4,7-11H,5-6H2,(H,23,26,28). The van der Waals surface area contributed by atoms with Gasteiger partial charge in [0.2, 0.25) is 0 Å². The molecule has 0 saturated heterocycles. The van der Waals surface area contributed by atoms with E-state index in [4.69, 9.17) is 4.98 Å². The summed E-state index contributed by atoms with van der Waals surface area (Å²) < 4.78 is 13.9. The maximum absolute atomic E-state index is 13.9. The number of hydrogen-bond acceptors (Lipinski definition) is 6. The molecule has 5 aromatic rings. The van der Waals surface area contributed by atoms with Crippen molar-refractivity contribution >= 4 is 33.6 Å². The molecule has 0 amide bonds. The molecule has 0 bridgehead atoms. The molecular formula is C21H14FN7. The Hall–Kier alpha value is -3.94. The SMILES string of the molecule is Fc1ccc2c(c1)N(c1ncnc3ccc(-c4cnc5[nH]ncc5c4)nc13)CC2. The molecule has 0 aliphatic carbocycles. The molecule has 1 aliphatic heterocycles. The van der Waals surface area contributed by atoms with Crippen LogP contribution in [0.25, 0.3) is 33.3 Å². The van der Waals surface area contributed by atoms with Crippen molar-refractivity contribution in [2.75, 3.05) is 11.4 Å². The van der Waals surface area contributed by atoms with E-state index in [-0.39, 0.29) is 5.82 Å². The van der Waals surface area contributed by atoms with E-state index in [0.717, 1.165) is 52.0 Å².